The maximum absolute atomic E-state index is 12.5. The lowest BCUT2D eigenvalue weighted by molar-refractivity contribution is -0.129. The fourth-order valence-electron chi connectivity index (χ4n) is 2.67. The van der Waals surface area contributed by atoms with Crippen molar-refractivity contribution >= 4 is 27.5 Å². The molecule has 0 aliphatic carbocycles. The summed E-state index contributed by atoms with van der Waals surface area (Å²) < 4.78 is 26.0. The van der Waals surface area contributed by atoms with Gasteiger partial charge in [0.25, 0.3) is 0 Å². The predicted molar refractivity (Wildman–Crippen MR) is 108 cm³/mol. The van der Waals surface area contributed by atoms with Crippen LogP contribution in [0.25, 0.3) is 0 Å². The van der Waals surface area contributed by atoms with Gasteiger partial charge < -0.3 is 10.2 Å². The Kier molecular flexibility index (Phi) is 7.31. The standard InChI is InChI=1S/C20H25N3O4S/c1-4-23(16(2)24)14-17-9-8-10-18(13-17)21-20(25)15-22(3)28(26,27)19-11-6-5-7-12-19/h5-13H,4,14-15H2,1-3H3,(H,21,25). The van der Waals surface area contributed by atoms with Crippen LogP contribution in [0.1, 0.15) is 19.4 Å². The Morgan fingerprint density at radius 3 is 2.32 bits per heavy atom. The van der Waals surface area contributed by atoms with E-state index in [1.807, 2.05) is 13.0 Å². The Morgan fingerprint density at radius 2 is 1.71 bits per heavy atom. The number of nitrogens with one attached hydrogen (secondary N) is 1. The predicted octanol–water partition coefficient (Wildman–Crippen LogP) is 2.31. The monoisotopic (exact) mass is 403 g/mol. The first-order chi connectivity index (χ1) is 13.2. The van der Waals surface area contributed by atoms with Gasteiger partial charge >= 0.3 is 0 Å². The fourth-order valence-corrected chi connectivity index (χ4v) is 3.82. The zero-order valence-corrected chi connectivity index (χ0v) is 17.1. The second-order valence-electron chi connectivity index (χ2n) is 6.36. The first-order valence-corrected chi connectivity index (χ1v) is 10.3. The number of sulfonamides is 1. The summed E-state index contributed by atoms with van der Waals surface area (Å²) >= 11 is 0. The molecule has 0 saturated heterocycles. The van der Waals surface area contributed by atoms with Gasteiger partial charge in [0.1, 0.15) is 0 Å². The molecule has 2 aromatic carbocycles. The number of rotatable bonds is 8. The lowest BCUT2D eigenvalue weighted by atomic mass is 10.2. The summed E-state index contributed by atoms with van der Waals surface area (Å²) in [5.41, 5.74) is 1.42. The van der Waals surface area contributed by atoms with E-state index in [2.05, 4.69) is 5.32 Å². The van der Waals surface area contributed by atoms with E-state index in [1.54, 1.807) is 41.3 Å². The van der Waals surface area contributed by atoms with E-state index in [-0.39, 0.29) is 17.3 Å². The van der Waals surface area contributed by atoms with Crippen molar-refractivity contribution in [1.29, 1.82) is 0 Å². The summed E-state index contributed by atoms with van der Waals surface area (Å²) in [5.74, 6) is -0.470. The van der Waals surface area contributed by atoms with Crippen LogP contribution >= 0.6 is 0 Å². The summed E-state index contributed by atoms with van der Waals surface area (Å²) in [6.07, 6.45) is 0. The molecule has 0 atom stereocenters. The van der Waals surface area contributed by atoms with Crippen LogP contribution < -0.4 is 5.32 Å². The molecule has 0 fully saturated rings. The number of carbonyl (C=O) groups is 2. The van der Waals surface area contributed by atoms with Crippen LogP contribution in [-0.4, -0.2) is 49.6 Å². The number of nitrogens with zero attached hydrogens (tertiary/aromatic N) is 2. The highest BCUT2D eigenvalue weighted by Gasteiger charge is 2.22. The second-order valence-corrected chi connectivity index (χ2v) is 8.40. The molecule has 7 nitrogen and oxygen atoms in total. The molecular weight excluding hydrogens is 378 g/mol. The fraction of sp³-hybridized carbons (Fsp3) is 0.300. The minimum atomic E-state index is -3.73. The molecule has 0 spiro atoms. The third-order valence-corrected chi connectivity index (χ3v) is 6.05. The van der Waals surface area contributed by atoms with Crippen LogP contribution in [0.15, 0.2) is 59.5 Å². The van der Waals surface area contributed by atoms with Gasteiger partial charge in [0.15, 0.2) is 0 Å². The van der Waals surface area contributed by atoms with Crippen LogP contribution in [0.4, 0.5) is 5.69 Å². The first kappa shape index (κ1) is 21.6. The van der Waals surface area contributed by atoms with Gasteiger partial charge in [-0.2, -0.15) is 4.31 Å². The van der Waals surface area contributed by atoms with Crippen molar-refractivity contribution < 1.29 is 18.0 Å². The Hall–Kier alpha value is -2.71. The molecule has 28 heavy (non-hydrogen) atoms. The molecular formula is C20H25N3O4S. The molecule has 2 rings (SSSR count). The number of anilines is 1. The molecule has 0 saturated carbocycles. The van der Waals surface area contributed by atoms with Crippen molar-refractivity contribution in [3.8, 4) is 0 Å². The number of carbonyl (C=O) groups excluding carboxylic acids is 2. The second kappa shape index (κ2) is 9.48. The molecule has 0 heterocycles. The molecule has 0 aliphatic heterocycles. The molecule has 150 valence electrons. The third-order valence-electron chi connectivity index (χ3n) is 4.23. The Morgan fingerprint density at radius 1 is 1.04 bits per heavy atom. The summed E-state index contributed by atoms with van der Waals surface area (Å²) in [7, 11) is -2.37. The quantitative estimate of drug-likeness (QED) is 0.733. The van der Waals surface area contributed by atoms with E-state index in [0.29, 0.717) is 18.8 Å². The van der Waals surface area contributed by atoms with Gasteiger partial charge in [0, 0.05) is 32.7 Å². The summed E-state index contributed by atoms with van der Waals surface area (Å²) in [4.78, 5) is 25.7. The minimum absolute atomic E-state index is 0.0234. The van der Waals surface area contributed by atoms with Crippen molar-refractivity contribution in [2.45, 2.75) is 25.3 Å². The van der Waals surface area contributed by atoms with Gasteiger partial charge in [-0.15, -0.1) is 0 Å². The van der Waals surface area contributed by atoms with Gasteiger partial charge in [-0.3, -0.25) is 9.59 Å². The number of hydrogen-bond donors (Lipinski definition) is 1. The van der Waals surface area contributed by atoms with E-state index in [9.17, 15) is 18.0 Å². The zero-order valence-electron chi connectivity index (χ0n) is 16.3. The first-order valence-electron chi connectivity index (χ1n) is 8.89. The molecule has 8 heteroatoms. The van der Waals surface area contributed by atoms with Gasteiger partial charge in [0.05, 0.1) is 11.4 Å². The van der Waals surface area contributed by atoms with Gasteiger partial charge in [-0.05, 0) is 36.8 Å². The largest absolute Gasteiger partial charge is 0.339 e. The molecule has 0 aliphatic rings. The summed E-state index contributed by atoms with van der Waals surface area (Å²) in [6, 6.07) is 15.1. The highest BCUT2D eigenvalue weighted by Crippen LogP contribution is 2.15. The average molecular weight is 404 g/mol. The molecule has 2 aromatic rings. The molecule has 0 unspecified atom stereocenters. The molecule has 0 aromatic heterocycles. The molecule has 0 radical (unpaired) electrons. The molecule has 0 bridgehead atoms. The van der Waals surface area contributed by atoms with Crippen molar-refractivity contribution in [1.82, 2.24) is 9.21 Å². The molecule has 2 amide bonds. The summed E-state index contributed by atoms with van der Waals surface area (Å²) in [6.45, 7) is 4.13. The Bertz CT molecular complexity index is 929. The van der Waals surface area contributed by atoms with E-state index in [4.69, 9.17) is 0 Å². The maximum atomic E-state index is 12.5. The zero-order chi connectivity index (χ0) is 20.7. The SMILES string of the molecule is CCN(Cc1cccc(NC(=O)CN(C)S(=O)(=O)c2ccccc2)c1)C(C)=O. The van der Waals surface area contributed by atoms with E-state index < -0.39 is 15.9 Å². The number of benzene rings is 2. The van der Waals surface area contributed by atoms with Crippen molar-refractivity contribution in [3.05, 3.63) is 60.2 Å². The summed E-state index contributed by atoms with van der Waals surface area (Å²) in [5, 5.41) is 2.71. The smallest absolute Gasteiger partial charge is 0.243 e. The average Bonchev–Trinajstić information content (AvgIpc) is 2.66. The molecule has 1 N–H and O–H groups in total. The van der Waals surface area contributed by atoms with Crippen LogP contribution in [-0.2, 0) is 26.2 Å². The number of hydrogen-bond acceptors (Lipinski definition) is 4. The normalized spacial score (nSPS) is 11.3. The topological polar surface area (TPSA) is 86.8 Å². The van der Waals surface area contributed by atoms with Gasteiger partial charge in [0.2, 0.25) is 21.8 Å². The van der Waals surface area contributed by atoms with Crippen molar-refractivity contribution in [2.75, 3.05) is 25.5 Å². The van der Waals surface area contributed by atoms with E-state index in [0.717, 1.165) is 9.87 Å². The maximum Gasteiger partial charge on any atom is 0.243 e. The Balaban J connectivity index is 2.03. The van der Waals surface area contributed by atoms with Crippen LogP contribution in [0.5, 0.6) is 0 Å². The van der Waals surface area contributed by atoms with E-state index >= 15 is 0 Å². The lowest BCUT2D eigenvalue weighted by Gasteiger charge is -2.19. The van der Waals surface area contributed by atoms with Crippen molar-refractivity contribution in [2.24, 2.45) is 0 Å². The number of likely N-dealkylation sites (N-methyl/N-ethyl adjacent to an activating group) is 1. The Labute approximate surface area is 166 Å². The minimum Gasteiger partial charge on any atom is -0.339 e. The van der Waals surface area contributed by atoms with Crippen LogP contribution in [0.2, 0.25) is 0 Å². The highest BCUT2D eigenvalue weighted by atomic mass is 32.2. The van der Waals surface area contributed by atoms with Gasteiger partial charge in [-0.25, -0.2) is 8.42 Å². The van der Waals surface area contributed by atoms with Crippen molar-refractivity contribution in [3.63, 3.8) is 0 Å². The van der Waals surface area contributed by atoms with Gasteiger partial charge in [-0.1, -0.05) is 30.3 Å². The number of amides is 2. The lowest BCUT2D eigenvalue weighted by Crippen LogP contribution is -2.35. The highest BCUT2D eigenvalue weighted by molar-refractivity contribution is 7.89. The third kappa shape index (κ3) is 5.64. The van der Waals surface area contributed by atoms with Crippen LogP contribution in [0, 0.1) is 0 Å². The van der Waals surface area contributed by atoms with E-state index in [1.165, 1.54) is 26.1 Å². The van der Waals surface area contributed by atoms with Crippen LogP contribution in [0.3, 0.4) is 0 Å².